The number of hydrogen-bond donors (Lipinski definition) is 1. The number of ketones is 1. The number of thiol groups is 1. The number of benzene rings is 1. The Balaban J connectivity index is 2.36. The fourth-order valence-electron chi connectivity index (χ4n) is 2.48. The van der Waals surface area contributed by atoms with Crippen molar-refractivity contribution in [3.63, 3.8) is 0 Å². The average Bonchev–Trinajstić information content (AvgIpc) is 2.49. The molecule has 0 bridgehead atoms. The van der Waals surface area contributed by atoms with E-state index in [0.717, 1.165) is 12.0 Å². The lowest BCUT2D eigenvalue weighted by Gasteiger charge is -2.15. The largest absolute Gasteiger partial charge is 0.299 e. The summed E-state index contributed by atoms with van der Waals surface area (Å²) in [6.45, 7) is 8.07. The van der Waals surface area contributed by atoms with E-state index in [1.807, 2.05) is 13.0 Å². The molecule has 0 aliphatic carbocycles. The third-order valence-corrected chi connectivity index (χ3v) is 5.12. The molecule has 112 valence electrons. The molecule has 2 rings (SSSR count). The molecular formula is C19H24OS. The summed E-state index contributed by atoms with van der Waals surface area (Å²) in [5.74, 6) is 0.188. The highest BCUT2D eigenvalue weighted by Crippen LogP contribution is 2.29. The zero-order valence-electron chi connectivity index (χ0n) is 13.3. The standard InChI is InChI=1S/C19H24OS/c1-5-7-17-11-19(12-21-15(17)4)18-9-6-8-16(10-18)13(2)14(3)20/h6,8-13,21H,5,7H2,1-4H3/t13-/m1/s1. The van der Waals surface area contributed by atoms with E-state index >= 15 is 0 Å². The predicted molar refractivity (Wildman–Crippen MR) is 96.2 cm³/mol. The van der Waals surface area contributed by atoms with Gasteiger partial charge in [0.15, 0.2) is 0 Å². The van der Waals surface area contributed by atoms with E-state index in [4.69, 9.17) is 0 Å². The molecule has 1 heterocycles. The number of rotatable bonds is 5. The third kappa shape index (κ3) is 3.82. The maximum absolute atomic E-state index is 11.6. The van der Waals surface area contributed by atoms with E-state index in [0.29, 0.717) is 0 Å². The molecule has 1 nitrogen and oxygen atoms in total. The molecule has 0 radical (unpaired) electrons. The van der Waals surface area contributed by atoms with Crippen LogP contribution in [0.15, 0.2) is 40.8 Å². The normalized spacial score (nSPS) is 16.3. The Morgan fingerprint density at radius 3 is 2.76 bits per heavy atom. The number of allylic oxidation sites excluding steroid dienone is 4. The highest BCUT2D eigenvalue weighted by molar-refractivity contribution is 8.02. The summed E-state index contributed by atoms with van der Waals surface area (Å²) < 4.78 is 0. The molecule has 0 fully saturated rings. The lowest BCUT2D eigenvalue weighted by atomic mass is 9.93. The minimum atomic E-state index is -0.0286. The second-order valence-electron chi connectivity index (χ2n) is 5.68. The SMILES string of the molecule is CCCC1=C(C)[SH]=CC(c2cccc([C@H](C)C(C)=O)c2)=C1. The first-order chi connectivity index (χ1) is 10.0. The topological polar surface area (TPSA) is 17.1 Å². The van der Waals surface area contributed by atoms with Gasteiger partial charge < -0.3 is 0 Å². The fraction of sp³-hybridized carbons (Fsp3) is 0.368. The zero-order chi connectivity index (χ0) is 15.4. The van der Waals surface area contributed by atoms with Gasteiger partial charge in [-0.3, -0.25) is 4.79 Å². The van der Waals surface area contributed by atoms with Crippen molar-refractivity contribution in [3.05, 3.63) is 51.9 Å². The zero-order valence-corrected chi connectivity index (χ0v) is 14.2. The second kappa shape index (κ2) is 7.04. The first-order valence-corrected chi connectivity index (χ1v) is 8.55. The van der Waals surface area contributed by atoms with Crippen LogP contribution in [-0.4, -0.2) is 11.2 Å². The summed E-state index contributed by atoms with van der Waals surface area (Å²) in [5, 5.41) is 2.27. The predicted octanol–water partition coefficient (Wildman–Crippen LogP) is 5.12. The summed E-state index contributed by atoms with van der Waals surface area (Å²) in [4.78, 5) is 13.0. The Kier molecular flexibility index (Phi) is 5.35. The first-order valence-electron chi connectivity index (χ1n) is 7.59. The van der Waals surface area contributed by atoms with E-state index in [1.54, 1.807) is 6.92 Å². The Bertz CT molecular complexity index is 635. The van der Waals surface area contributed by atoms with Crippen LogP contribution in [0.3, 0.4) is 0 Å². The van der Waals surface area contributed by atoms with Crippen molar-refractivity contribution < 1.29 is 4.79 Å². The summed E-state index contributed by atoms with van der Waals surface area (Å²) in [5.41, 5.74) is 5.06. The Morgan fingerprint density at radius 1 is 1.33 bits per heavy atom. The van der Waals surface area contributed by atoms with Gasteiger partial charge in [-0.05, 0) is 58.9 Å². The van der Waals surface area contributed by atoms with Gasteiger partial charge in [-0.2, -0.15) is 11.4 Å². The Morgan fingerprint density at radius 2 is 2.10 bits per heavy atom. The van der Waals surface area contributed by atoms with Crippen LogP contribution in [-0.2, 0) is 4.79 Å². The number of carbonyl (C=O) groups excluding carboxylic acids is 1. The van der Waals surface area contributed by atoms with Gasteiger partial charge in [0.05, 0.1) is 0 Å². The highest BCUT2D eigenvalue weighted by atomic mass is 32.1. The van der Waals surface area contributed by atoms with Crippen LogP contribution >= 0.6 is 11.4 Å². The maximum atomic E-state index is 11.6. The van der Waals surface area contributed by atoms with Crippen LogP contribution in [0.2, 0.25) is 0 Å². The van der Waals surface area contributed by atoms with E-state index in [-0.39, 0.29) is 11.7 Å². The summed E-state index contributed by atoms with van der Waals surface area (Å²) in [6.07, 6.45) is 4.62. The molecule has 0 aromatic heterocycles. The molecule has 1 atom stereocenters. The molecule has 21 heavy (non-hydrogen) atoms. The van der Waals surface area contributed by atoms with Crippen LogP contribution < -0.4 is 0 Å². The summed E-state index contributed by atoms with van der Waals surface area (Å²) >= 11 is 1.29. The molecule has 1 aromatic carbocycles. The van der Waals surface area contributed by atoms with Crippen LogP contribution in [0.5, 0.6) is 0 Å². The minimum Gasteiger partial charge on any atom is -0.299 e. The van der Waals surface area contributed by atoms with E-state index < -0.39 is 0 Å². The van der Waals surface area contributed by atoms with Gasteiger partial charge in [0, 0.05) is 5.92 Å². The molecule has 0 N–H and O–H groups in total. The third-order valence-electron chi connectivity index (χ3n) is 4.04. The Hall–Kier alpha value is -1.41. The monoisotopic (exact) mass is 300 g/mol. The average molecular weight is 300 g/mol. The number of carbonyl (C=O) groups is 1. The van der Waals surface area contributed by atoms with Crippen LogP contribution in [0.1, 0.15) is 57.6 Å². The summed E-state index contributed by atoms with van der Waals surface area (Å²) in [6, 6.07) is 8.40. The van der Waals surface area contributed by atoms with Crippen molar-refractivity contribution in [2.75, 3.05) is 0 Å². The van der Waals surface area contributed by atoms with Crippen LogP contribution in [0, 0.1) is 0 Å². The molecule has 0 saturated carbocycles. The van der Waals surface area contributed by atoms with E-state index in [9.17, 15) is 4.79 Å². The van der Waals surface area contributed by atoms with Crippen molar-refractivity contribution in [2.24, 2.45) is 0 Å². The van der Waals surface area contributed by atoms with Crippen LogP contribution in [0.25, 0.3) is 5.57 Å². The van der Waals surface area contributed by atoms with Gasteiger partial charge in [0.2, 0.25) is 0 Å². The van der Waals surface area contributed by atoms with Gasteiger partial charge in [-0.25, -0.2) is 0 Å². The lowest BCUT2D eigenvalue weighted by Crippen LogP contribution is -2.04. The van der Waals surface area contributed by atoms with E-state index in [1.165, 1.54) is 39.4 Å². The van der Waals surface area contributed by atoms with Crippen molar-refractivity contribution in [1.29, 1.82) is 0 Å². The molecule has 2 heteroatoms. The van der Waals surface area contributed by atoms with Gasteiger partial charge in [0.1, 0.15) is 5.78 Å². The molecular weight excluding hydrogens is 276 g/mol. The van der Waals surface area contributed by atoms with Gasteiger partial charge in [-0.1, -0.05) is 44.5 Å². The van der Waals surface area contributed by atoms with Crippen molar-refractivity contribution >= 4 is 28.1 Å². The molecule has 0 amide bonds. The lowest BCUT2D eigenvalue weighted by molar-refractivity contribution is -0.118. The van der Waals surface area contributed by atoms with Crippen LogP contribution in [0.4, 0.5) is 0 Å². The smallest absolute Gasteiger partial charge is 0.136 e. The molecule has 1 aliphatic rings. The minimum absolute atomic E-state index is 0.0286. The van der Waals surface area contributed by atoms with Crippen molar-refractivity contribution in [1.82, 2.24) is 0 Å². The van der Waals surface area contributed by atoms with Crippen molar-refractivity contribution in [2.45, 2.75) is 46.5 Å². The number of hydrogen-bond acceptors (Lipinski definition) is 1. The van der Waals surface area contributed by atoms with E-state index in [2.05, 4.69) is 43.5 Å². The molecule has 0 saturated heterocycles. The molecule has 0 unspecified atom stereocenters. The molecule has 0 spiro atoms. The number of Topliss-reactive ketones (excluding diaryl/α,β-unsaturated/α-hetero) is 1. The Labute approximate surface area is 131 Å². The molecule has 1 aliphatic heterocycles. The quantitative estimate of drug-likeness (QED) is 0.590. The van der Waals surface area contributed by atoms with Gasteiger partial charge in [-0.15, -0.1) is 0 Å². The molecule has 1 aromatic rings. The first kappa shape index (κ1) is 16.0. The fourth-order valence-corrected chi connectivity index (χ4v) is 3.38. The van der Waals surface area contributed by atoms with Gasteiger partial charge >= 0.3 is 0 Å². The highest BCUT2D eigenvalue weighted by Gasteiger charge is 2.12. The van der Waals surface area contributed by atoms with Gasteiger partial charge in [0.25, 0.3) is 0 Å². The maximum Gasteiger partial charge on any atom is 0.136 e. The van der Waals surface area contributed by atoms with Crippen molar-refractivity contribution in [3.8, 4) is 0 Å². The second-order valence-corrected chi connectivity index (χ2v) is 6.86. The summed E-state index contributed by atoms with van der Waals surface area (Å²) in [7, 11) is 0.